The minimum absolute atomic E-state index is 0.383. The SMILES string of the molecule is C=C(C)[C@H]1CC[C@@]2(C)CCC[C@](C)(O)[C@@H]2C1. The molecule has 16 heavy (non-hydrogen) atoms. The Hall–Kier alpha value is -0.300. The Kier molecular flexibility index (Phi) is 2.94. The molecule has 0 heterocycles. The van der Waals surface area contributed by atoms with Gasteiger partial charge in [-0.3, -0.25) is 0 Å². The van der Waals surface area contributed by atoms with Gasteiger partial charge in [0.1, 0.15) is 0 Å². The van der Waals surface area contributed by atoms with Crippen LogP contribution in [0.3, 0.4) is 0 Å². The maximum atomic E-state index is 10.6. The molecule has 2 saturated carbocycles. The first-order chi connectivity index (χ1) is 7.35. The van der Waals surface area contributed by atoms with Crippen LogP contribution in [0.15, 0.2) is 12.2 Å². The molecule has 0 saturated heterocycles. The zero-order valence-electron chi connectivity index (χ0n) is 11.1. The molecule has 0 aromatic carbocycles. The zero-order valence-corrected chi connectivity index (χ0v) is 11.1. The van der Waals surface area contributed by atoms with Crippen LogP contribution in [0.1, 0.15) is 59.3 Å². The van der Waals surface area contributed by atoms with E-state index >= 15 is 0 Å². The molecule has 2 rings (SSSR count). The molecule has 2 fully saturated rings. The second kappa shape index (κ2) is 3.87. The van der Waals surface area contributed by atoms with Crippen molar-refractivity contribution in [1.82, 2.24) is 0 Å². The Morgan fingerprint density at radius 1 is 1.25 bits per heavy atom. The lowest BCUT2D eigenvalue weighted by Crippen LogP contribution is -2.51. The Labute approximate surface area is 99.9 Å². The standard InChI is InChI=1S/C15H26O/c1-11(2)12-6-9-14(3)7-5-8-15(4,16)13(14)10-12/h12-13,16H,1,5-10H2,2-4H3/t12-,13+,14+,15-/m0/s1. The van der Waals surface area contributed by atoms with E-state index < -0.39 is 5.60 Å². The van der Waals surface area contributed by atoms with Gasteiger partial charge in [-0.05, 0) is 63.2 Å². The number of aliphatic hydroxyl groups is 1. The van der Waals surface area contributed by atoms with Crippen molar-refractivity contribution >= 4 is 0 Å². The number of hydrogen-bond acceptors (Lipinski definition) is 1. The van der Waals surface area contributed by atoms with Gasteiger partial charge in [0.05, 0.1) is 5.60 Å². The molecule has 0 aliphatic heterocycles. The van der Waals surface area contributed by atoms with Crippen LogP contribution >= 0.6 is 0 Å². The highest BCUT2D eigenvalue weighted by Crippen LogP contribution is 2.56. The molecule has 0 bridgehead atoms. The van der Waals surface area contributed by atoms with Gasteiger partial charge in [-0.1, -0.05) is 25.5 Å². The molecule has 4 atom stereocenters. The van der Waals surface area contributed by atoms with Crippen LogP contribution in [-0.2, 0) is 0 Å². The van der Waals surface area contributed by atoms with Gasteiger partial charge in [-0.2, -0.15) is 0 Å². The maximum Gasteiger partial charge on any atom is 0.0653 e. The van der Waals surface area contributed by atoms with E-state index in [0.717, 1.165) is 12.8 Å². The van der Waals surface area contributed by atoms with E-state index in [2.05, 4.69) is 27.4 Å². The van der Waals surface area contributed by atoms with Gasteiger partial charge in [-0.15, -0.1) is 0 Å². The number of rotatable bonds is 1. The van der Waals surface area contributed by atoms with Crippen molar-refractivity contribution in [3.05, 3.63) is 12.2 Å². The number of allylic oxidation sites excluding steroid dienone is 1. The van der Waals surface area contributed by atoms with Crippen molar-refractivity contribution in [2.24, 2.45) is 17.3 Å². The summed E-state index contributed by atoms with van der Waals surface area (Å²) >= 11 is 0. The molecule has 2 aliphatic carbocycles. The van der Waals surface area contributed by atoms with Crippen LogP contribution in [0.4, 0.5) is 0 Å². The Morgan fingerprint density at radius 3 is 2.56 bits per heavy atom. The van der Waals surface area contributed by atoms with Crippen LogP contribution in [0.25, 0.3) is 0 Å². The van der Waals surface area contributed by atoms with E-state index in [0.29, 0.717) is 17.3 Å². The highest BCUT2D eigenvalue weighted by Gasteiger charge is 2.50. The van der Waals surface area contributed by atoms with Crippen LogP contribution in [0.2, 0.25) is 0 Å². The third-order valence-electron chi connectivity index (χ3n) is 5.30. The summed E-state index contributed by atoms with van der Waals surface area (Å²) in [7, 11) is 0. The maximum absolute atomic E-state index is 10.6. The van der Waals surface area contributed by atoms with Crippen LogP contribution in [-0.4, -0.2) is 10.7 Å². The first-order valence-corrected chi connectivity index (χ1v) is 6.73. The molecule has 1 nitrogen and oxygen atoms in total. The van der Waals surface area contributed by atoms with Gasteiger partial charge in [-0.25, -0.2) is 0 Å². The summed E-state index contributed by atoms with van der Waals surface area (Å²) in [5.41, 5.74) is 1.25. The van der Waals surface area contributed by atoms with E-state index in [-0.39, 0.29) is 0 Å². The van der Waals surface area contributed by atoms with E-state index in [1.54, 1.807) is 0 Å². The summed E-state index contributed by atoms with van der Waals surface area (Å²) in [6, 6.07) is 0. The van der Waals surface area contributed by atoms with Gasteiger partial charge in [0.15, 0.2) is 0 Å². The third-order valence-corrected chi connectivity index (χ3v) is 5.30. The van der Waals surface area contributed by atoms with Gasteiger partial charge >= 0.3 is 0 Å². The summed E-state index contributed by atoms with van der Waals surface area (Å²) in [5, 5.41) is 10.6. The fourth-order valence-electron chi connectivity index (χ4n) is 4.14. The molecule has 0 aromatic heterocycles. The average molecular weight is 222 g/mol. The largest absolute Gasteiger partial charge is 0.390 e. The van der Waals surface area contributed by atoms with Gasteiger partial charge in [0.25, 0.3) is 0 Å². The van der Waals surface area contributed by atoms with Crippen molar-refractivity contribution in [3.8, 4) is 0 Å². The lowest BCUT2D eigenvalue weighted by Gasteiger charge is -2.54. The summed E-state index contributed by atoms with van der Waals surface area (Å²) in [5.74, 6) is 1.12. The average Bonchev–Trinajstić information content (AvgIpc) is 2.15. The number of fused-ring (bicyclic) bond motifs is 1. The molecule has 1 heteroatoms. The predicted octanol–water partition coefficient (Wildman–Crippen LogP) is 3.92. The highest BCUT2D eigenvalue weighted by atomic mass is 16.3. The Bertz CT molecular complexity index is 292. The second-order valence-corrected chi connectivity index (χ2v) is 6.73. The minimum Gasteiger partial charge on any atom is -0.390 e. The molecular formula is C15H26O. The fourth-order valence-corrected chi connectivity index (χ4v) is 4.14. The Balaban J connectivity index is 2.21. The van der Waals surface area contributed by atoms with E-state index in [9.17, 15) is 5.11 Å². The molecule has 0 spiro atoms. The molecule has 0 amide bonds. The summed E-state index contributed by atoms with van der Waals surface area (Å²) in [6.45, 7) is 10.7. The molecule has 0 radical (unpaired) electrons. The van der Waals surface area contributed by atoms with E-state index in [1.165, 1.54) is 31.3 Å². The lowest BCUT2D eigenvalue weighted by molar-refractivity contribution is -0.120. The monoisotopic (exact) mass is 222 g/mol. The number of hydrogen-bond donors (Lipinski definition) is 1. The van der Waals surface area contributed by atoms with Crippen LogP contribution < -0.4 is 0 Å². The van der Waals surface area contributed by atoms with Gasteiger partial charge < -0.3 is 5.11 Å². The Morgan fingerprint density at radius 2 is 1.94 bits per heavy atom. The van der Waals surface area contributed by atoms with Crippen molar-refractivity contribution in [2.75, 3.05) is 0 Å². The minimum atomic E-state index is -0.443. The van der Waals surface area contributed by atoms with Crippen LogP contribution in [0, 0.1) is 17.3 Å². The molecule has 0 aromatic rings. The van der Waals surface area contributed by atoms with Crippen molar-refractivity contribution in [1.29, 1.82) is 0 Å². The summed E-state index contributed by atoms with van der Waals surface area (Å²) in [6.07, 6.45) is 7.17. The second-order valence-electron chi connectivity index (χ2n) is 6.73. The van der Waals surface area contributed by atoms with Crippen LogP contribution in [0.5, 0.6) is 0 Å². The predicted molar refractivity (Wildman–Crippen MR) is 68.2 cm³/mol. The van der Waals surface area contributed by atoms with Gasteiger partial charge in [0, 0.05) is 0 Å². The zero-order chi connectivity index (χ0) is 12.0. The van der Waals surface area contributed by atoms with Crippen molar-refractivity contribution in [3.63, 3.8) is 0 Å². The van der Waals surface area contributed by atoms with E-state index in [4.69, 9.17) is 0 Å². The van der Waals surface area contributed by atoms with Crippen molar-refractivity contribution < 1.29 is 5.11 Å². The molecule has 92 valence electrons. The first-order valence-electron chi connectivity index (χ1n) is 6.73. The molecule has 1 N–H and O–H groups in total. The van der Waals surface area contributed by atoms with Gasteiger partial charge in [0.2, 0.25) is 0 Å². The normalized spacial score (nSPS) is 48.5. The lowest BCUT2D eigenvalue weighted by atomic mass is 9.53. The van der Waals surface area contributed by atoms with E-state index in [1.807, 2.05) is 0 Å². The smallest absolute Gasteiger partial charge is 0.0653 e. The first kappa shape index (κ1) is 12.2. The fraction of sp³-hybridized carbons (Fsp3) is 0.867. The summed E-state index contributed by atoms with van der Waals surface area (Å²) < 4.78 is 0. The third kappa shape index (κ3) is 1.95. The molecule has 0 unspecified atom stereocenters. The molecular weight excluding hydrogens is 196 g/mol. The summed E-state index contributed by atoms with van der Waals surface area (Å²) in [4.78, 5) is 0. The highest BCUT2D eigenvalue weighted by molar-refractivity contribution is 5.07. The topological polar surface area (TPSA) is 20.2 Å². The van der Waals surface area contributed by atoms with Crippen molar-refractivity contribution in [2.45, 2.75) is 64.9 Å². The molecule has 2 aliphatic rings. The quantitative estimate of drug-likeness (QED) is 0.667.